The zero-order valence-electron chi connectivity index (χ0n) is 3.74. The second kappa shape index (κ2) is 3.40. The fraction of sp³-hybridized carbons (Fsp3) is 0.200. The number of rotatable bonds is 1. The molecule has 0 spiro atoms. The van der Waals surface area contributed by atoms with Crippen molar-refractivity contribution in [1.29, 1.82) is 0 Å². The van der Waals surface area contributed by atoms with Gasteiger partial charge in [-0.25, -0.2) is 0 Å². The maximum absolute atomic E-state index is 3.56. The molecular weight excluding hydrogens is 187 g/mol. The average Bonchev–Trinajstić information content (AvgIpc) is 1.65. The van der Waals surface area contributed by atoms with E-state index in [0.29, 0.717) is 0 Å². The van der Waals surface area contributed by atoms with E-state index in [1.165, 1.54) is 5.57 Å². The van der Waals surface area contributed by atoms with Crippen LogP contribution in [0.15, 0.2) is 22.3 Å². The van der Waals surface area contributed by atoms with E-state index < -0.39 is 0 Å². The van der Waals surface area contributed by atoms with Gasteiger partial charge in [0.25, 0.3) is 0 Å². The third kappa shape index (κ3) is 2.45. The molecule has 0 aliphatic carbocycles. The van der Waals surface area contributed by atoms with Crippen LogP contribution in [0.1, 0.15) is 6.92 Å². The Morgan fingerprint density at radius 2 is 2.33 bits per heavy atom. The Hall–Kier alpha value is 0.210. The van der Waals surface area contributed by atoms with Gasteiger partial charge in [0.15, 0.2) is 0 Å². The SMILES string of the molecule is C=CC(C)=CI. The summed E-state index contributed by atoms with van der Waals surface area (Å²) < 4.78 is 1.99. The van der Waals surface area contributed by atoms with Gasteiger partial charge in [-0.05, 0) is 16.6 Å². The molecule has 0 atom stereocenters. The van der Waals surface area contributed by atoms with E-state index in [9.17, 15) is 0 Å². The standard InChI is InChI=1S/C5H7I/c1-3-5(2)4-6/h3-4H,1H2,2H3. The van der Waals surface area contributed by atoms with Crippen molar-refractivity contribution >= 4 is 22.6 Å². The molecule has 0 saturated carbocycles. The summed E-state index contributed by atoms with van der Waals surface area (Å²) in [5.74, 6) is 0. The quantitative estimate of drug-likeness (QED) is 0.444. The molecule has 0 aromatic heterocycles. The van der Waals surface area contributed by atoms with E-state index in [1.807, 2.05) is 17.1 Å². The fourth-order valence-electron chi connectivity index (χ4n) is 0.0445. The lowest BCUT2D eigenvalue weighted by molar-refractivity contribution is 1.57. The lowest BCUT2D eigenvalue weighted by Gasteiger charge is -1.77. The second-order valence-corrected chi connectivity index (χ2v) is 1.68. The molecule has 6 heavy (non-hydrogen) atoms. The van der Waals surface area contributed by atoms with Crippen LogP contribution in [0.5, 0.6) is 0 Å². The molecule has 0 saturated heterocycles. The van der Waals surface area contributed by atoms with Gasteiger partial charge < -0.3 is 0 Å². The van der Waals surface area contributed by atoms with E-state index in [4.69, 9.17) is 0 Å². The monoisotopic (exact) mass is 194 g/mol. The van der Waals surface area contributed by atoms with E-state index in [1.54, 1.807) is 0 Å². The van der Waals surface area contributed by atoms with Crippen LogP contribution >= 0.6 is 22.6 Å². The van der Waals surface area contributed by atoms with Gasteiger partial charge in [-0.2, -0.15) is 0 Å². The number of hydrogen-bond acceptors (Lipinski definition) is 0. The predicted octanol–water partition coefficient (Wildman–Crippen LogP) is 2.51. The first-order valence-electron chi connectivity index (χ1n) is 1.70. The largest absolute Gasteiger partial charge is 0.0988 e. The molecule has 0 bridgehead atoms. The molecule has 0 heterocycles. The maximum Gasteiger partial charge on any atom is -0.0205 e. The number of hydrogen-bond donors (Lipinski definition) is 0. The molecule has 0 fully saturated rings. The summed E-state index contributed by atoms with van der Waals surface area (Å²) in [6.07, 6.45) is 1.83. The van der Waals surface area contributed by atoms with E-state index >= 15 is 0 Å². The topological polar surface area (TPSA) is 0 Å². The molecule has 34 valence electrons. The highest BCUT2D eigenvalue weighted by Crippen LogP contribution is 1.95. The van der Waals surface area contributed by atoms with Crippen LogP contribution in [0.3, 0.4) is 0 Å². The fourth-order valence-corrected chi connectivity index (χ4v) is 0.299. The Kier molecular flexibility index (Phi) is 3.52. The molecule has 0 aromatic rings. The third-order valence-electron chi connectivity index (χ3n) is 0.494. The Labute approximate surface area is 52.1 Å². The van der Waals surface area contributed by atoms with Gasteiger partial charge in [0, 0.05) is 0 Å². The summed E-state index contributed by atoms with van der Waals surface area (Å²) in [5.41, 5.74) is 1.22. The zero-order valence-corrected chi connectivity index (χ0v) is 5.90. The lowest BCUT2D eigenvalue weighted by atomic mass is 10.4. The molecule has 0 aliphatic heterocycles. The van der Waals surface area contributed by atoms with Gasteiger partial charge in [0.2, 0.25) is 0 Å². The summed E-state index contributed by atoms with van der Waals surface area (Å²) in [4.78, 5) is 0. The van der Waals surface area contributed by atoms with Gasteiger partial charge in [0.05, 0.1) is 0 Å². The summed E-state index contributed by atoms with van der Waals surface area (Å²) in [7, 11) is 0. The van der Waals surface area contributed by atoms with Crippen LogP contribution in [0.25, 0.3) is 0 Å². The van der Waals surface area contributed by atoms with Crippen molar-refractivity contribution in [2.24, 2.45) is 0 Å². The summed E-state index contributed by atoms with van der Waals surface area (Å²) in [6.45, 7) is 5.57. The van der Waals surface area contributed by atoms with Crippen molar-refractivity contribution in [3.63, 3.8) is 0 Å². The van der Waals surface area contributed by atoms with Crippen molar-refractivity contribution < 1.29 is 0 Å². The smallest absolute Gasteiger partial charge is 0.0205 e. The van der Waals surface area contributed by atoms with Crippen molar-refractivity contribution in [3.05, 3.63) is 22.3 Å². The molecule has 0 aliphatic rings. The molecule has 0 aromatic carbocycles. The number of allylic oxidation sites excluding steroid dienone is 2. The Morgan fingerprint density at radius 1 is 1.83 bits per heavy atom. The van der Waals surface area contributed by atoms with Crippen molar-refractivity contribution in [1.82, 2.24) is 0 Å². The highest BCUT2D eigenvalue weighted by atomic mass is 127. The number of halogens is 1. The first kappa shape index (κ1) is 6.21. The lowest BCUT2D eigenvalue weighted by Crippen LogP contribution is -1.54. The van der Waals surface area contributed by atoms with Crippen LogP contribution in [-0.2, 0) is 0 Å². The normalized spacial score (nSPS) is 11.3. The van der Waals surface area contributed by atoms with Crippen molar-refractivity contribution in [2.75, 3.05) is 0 Å². The van der Waals surface area contributed by atoms with Crippen LogP contribution in [0.4, 0.5) is 0 Å². The molecule has 1 heteroatoms. The van der Waals surface area contributed by atoms with Gasteiger partial charge in [-0.1, -0.05) is 35.2 Å². The second-order valence-electron chi connectivity index (χ2n) is 1.06. The summed E-state index contributed by atoms with van der Waals surface area (Å²) >= 11 is 2.18. The highest BCUT2D eigenvalue weighted by Gasteiger charge is 1.68. The van der Waals surface area contributed by atoms with E-state index in [2.05, 4.69) is 29.2 Å². The van der Waals surface area contributed by atoms with E-state index in [0.717, 1.165) is 0 Å². The van der Waals surface area contributed by atoms with Crippen molar-refractivity contribution in [2.45, 2.75) is 6.92 Å². The maximum atomic E-state index is 3.56. The van der Waals surface area contributed by atoms with Gasteiger partial charge >= 0.3 is 0 Å². The van der Waals surface area contributed by atoms with Crippen LogP contribution in [0, 0.1) is 0 Å². The van der Waals surface area contributed by atoms with Crippen molar-refractivity contribution in [3.8, 4) is 0 Å². The molecule has 0 unspecified atom stereocenters. The van der Waals surface area contributed by atoms with Gasteiger partial charge in [-0.3, -0.25) is 0 Å². The zero-order chi connectivity index (χ0) is 4.99. The molecule has 0 rings (SSSR count). The summed E-state index contributed by atoms with van der Waals surface area (Å²) in [6, 6.07) is 0. The minimum absolute atomic E-state index is 1.22. The van der Waals surface area contributed by atoms with Gasteiger partial charge in [-0.15, -0.1) is 0 Å². The molecule has 0 radical (unpaired) electrons. The Bertz CT molecular complexity index is 72.0. The van der Waals surface area contributed by atoms with Crippen LogP contribution in [-0.4, -0.2) is 0 Å². The van der Waals surface area contributed by atoms with Gasteiger partial charge in [0.1, 0.15) is 0 Å². The minimum atomic E-state index is 1.22. The molecule has 0 amide bonds. The summed E-state index contributed by atoms with van der Waals surface area (Å²) in [5, 5.41) is 0. The minimum Gasteiger partial charge on any atom is -0.0988 e. The highest BCUT2D eigenvalue weighted by molar-refractivity contribution is 14.1. The van der Waals surface area contributed by atoms with Crippen LogP contribution < -0.4 is 0 Å². The average molecular weight is 194 g/mol. The van der Waals surface area contributed by atoms with E-state index in [-0.39, 0.29) is 0 Å². The third-order valence-corrected chi connectivity index (χ3v) is 1.48. The first-order valence-corrected chi connectivity index (χ1v) is 2.95. The molecule has 0 nitrogen and oxygen atoms in total. The first-order chi connectivity index (χ1) is 2.81. The van der Waals surface area contributed by atoms with Crippen LogP contribution in [0.2, 0.25) is 0 Å². The predicted molar refractivity (Wildman–Crippen MR) is 38.0 cm³/mol. The molecular formula is C5H7I. The molecule has 0 N–H and O–H groups in total. The Morgan fingerprint density at radius 3 is 2.33 bits per heavy atom. The Balaban J connectivity index is 3.50.